The van der Waals surface area contributed by atoms with Gasteiger partial charge in [0.2, 0.25) is 0 Å². The average molecular weight is 985 g/mol. The molecule has 0 spiro atoms. The summed E-state index contributed by atoms with van der Waals surface area (Å²) in [6.07, 6.45) is 7.54. The Morgan fingerprint density at radius 2 is 0.958 bits per heavy atom. The molecule has 8 nitrogen and oxygen atoms in total. The summed E-state index contributed by atoms with van der Waals surface area (Å²) in [4.78, 5) is 30.1. The minimum absolute atomic E-state index is 0.119. The van der Waals surface area contributed by atoms with E-state index in [1.54, 1.807) is 0 Å². The molecule has 6 aromatic rings. The molecule has 0 bridgehead atoms. The van der Waals surface area contributed by atoms with Crippen molar-refractivity contribution in [1.29, 1.82) is 0 Å². The van der Waals surface area contributed by atoms with Gasteiger partial charge in [0.1, 0.15) is 0 Å². The van der Waals surface area contributed by atoms with Crippen LogP contribution in [0.4, 0.5) is 34.1 Å². The van der Waals surface area contributed by atoms with Gasteiger partial charge in [-0.25, -0.2) is 0 Å². The summed E-state index contributed by atoms with van der Waals surface area (Å²) in [6, 6.07) is 40.7. The lowest BCUT2D eigenvalue weighted by Crippen LogP contribution is -2.44. The summed E-state index contributed by atoms with van der Waals surface area (Å²) >= 11 is 0. The summed E-state index contributed by atoms with van der Waals surface area (Å²) in [5.74, 6) is -0.317. The number of hydrogen-bond donors (Lipinski definition) is 0. The fourth-order valence-corrected chi connectivity index (χ4v) is 12.2. The molecule has 2 aliphatic heterocycles. The molecule has 2 heterocycles. The van der Waals surface area contributed by atoms with Crippen LogP contribution in [0.3, 0.4) is 0 Å². The van der Waals surface area contributed by atoms with Crippen molar-refractivity contribution in [3.05, 3.63) is 165 Å². The number of unbranched alkanes of at least 4 members (excludes halogenated alkanes) is 2. The van der Waals surface area contributed by atoms with Gasteiger partial charge in [0.15, 0.2) is 0 Å². The Kier molecular flexibility index (Phi) is 16.9. The van der Waals surface area contributed by atoms with Gasteiger partial charge in [-0.3, -0.25) is 9.59 Å². The Morgan fingerprint density at radius 1 is 0.528 bits per heavy atom. The van der Waals surface area contributed by atoms with Crippen molar-refractivity contribution in [3.63, 3.8) is 0 Å². The van der Waals surface area contributed by atoms with Crippen LogP contribution in [0, 0.1) is 27.7 Å². The number of benzene rings is 6. The van der Waals surface area contributed by atoms with Crippen LogP contribution in [0.5, 0.6) is 0 Å². The molecule has 0 fully saturated rings. The van der Waals surface area contributed by atoms with Gasteiger partial charge >= 0.3 is 20.5 Å². The number of hydrogen-bond acceptors (Lipinski definition) is 8. The van der Waals surface area contributed by atoms with Gasteiger partial charge in [0.05, 0.1) is 13.2 Å². The van der Waals surface area contributed by atoms with Gasteiger partial charge in [-0.15, -0.1) is 0 Å². The first kappa shape index (κ1) is 52.3. The topological polar surface area (TPSA) is 77.5 Å². The Labute approximate surface area is 430 Å². The lowest BCUT2D eigenvalue weighted by Gasteiger charge is -2.35. The Morgan fingerprint density at radius 3 is 1.39 bits per heavy atom. The molecule has 0 aliphatic carbocycles. The molecule has 378 valence electrons. The van der Waals surface area contributed by atoms with Gasteiger partial charge in [0, 0.05) is 78.9 Å². The van der Waals surface area contributed by atoms with Crippen LogP contribution in [-0.4, -0.2) is 46.4 Å². The van der Waals surface area contributed by atoms with Crippen LogP contribution in [0.2, 0.25) is 12.1 Å². The fourth-order valence-electron chi connectivity index (χ4n) is 10.0. The first-order valence-corrected chi connectivity index (χ1v) is 28.9. The van der Waals surface area contributed by atoms with Gasteiger partial charge in [0.25, 0.3) is 0 Å². The standard InChI is InChI=1S/C63H76N2O6Si/c1-11-12-13-31-68-62(66)29-19-48-15-23-56(24-16-48)64-58-27-21-50(38-54(58)40-52-34-44(6)46(8)36-60(52)64)51-22-28-59-55(39-51)41-53-35-45(7)47(9)37-61(53)65(59)57-25-17-49(18-26-57)20-30-63(67)69-32-14-33-70-72(10,43(4)5)71-42(2)3/h15-18,21-28,34-39,42-43H,11-14,19-20,29-33,40-41H2,1-10H3. The minimum atomic E-state index is -2.29. The summed E-state index contributed by atoms with van der Waals surface area (Å²) in [7, 11) is -2.29. The van der Waals surface area contributed by atoms with Crippen LogP contribution in [0.15, 0.2) is 109 Å². The molecule has 0 aromatic heterocycles. The molecule has 0 amide bonds. The Hall–Kier alpha value is -6.00. The van der Waals surface area contributed by atoms with Crippen LogP contribution < -0.4 is 9.80 Å². The summed E-state index contributed by atoms with van der Waals surface area (Å²) in [6.45, 7) is 22.8. The quantitative estimate of drug-likeness (QED) is 0.0400. The highest BCUT2D eigenvalue weighted by Crippen LogP contribution is 2.48. The number of fused-ring (bicyclic) bond motifs is 4. The van der Waals surface area contributed by atoms with Crippen LogP contribution in [0.25, 0.3) is 11.1 Å². The number of anilines is 6. The summed E-state index contributed by atoms with van der Waals surface area (Å²) < 4.78 is 23.5. The molecule has 9 heteroatoms. The zero-order valence-electron chi connectivity index (χ0n) is 44.6. The van der Waals surface area contributed by atoms with E-state index in [1.165, 1.54) is 78.4 Å². The average Bonchev–Trinajstić information content (AvgIpc) is 3.35. The van der Waals surface area contributed by atoms with Crippen LogP contribution in [-0.2, 0) is 53.6 Å². The van der Waals surface area contributed by atoms with Gasteiger partial charge in [-0.2, -0.15) is 0 Å². The smallest absolute Gasteiger partial charge is 0.337 e. The fraction of sp³-hybridized carbons (Fsp3) is 0.397. The van der Waals surface area contributed by atoms with Gasteiger partial charge < -0.3 is 28.1 Å². The number of ether oxygens (including phenoxy) is 2. The first-order chi connectivity index (χ1) is 34.6. The predicted octanol–water partition coefficient (Wildman–Crippen LogP) is 15.8. The Balaban J connectivity index is 0.984. The SMILES string of the molecule is CCCCCOC(=O)CCc1ccc(N2c3ccc(-c4ccc5c(c4)Cc4cc(C)c(C)cc4N5c4ccc(CCC(=O)OCCCO[Si](C)(OC(C)C)C(C)C)cc4)cc3Cc3cc(C)c(C)cc32)cc1. The number of aryl methyl sites for hydroxylation is 6. The van der Waals surface area contributed by atoms with E-state index < -0.39 is 8.56 Å². The van der Waals surface area contributed by atoms with E-state index in [0.29, 0.717) is 57.5 Å². The summed E-state index contributed by atoms with van der Waals surface area (Å²) in [5, 5.41) is 0. The second-order valence-electron chi connectivity index (χ2n) is 20.9. The predicted molar refractivity (Wildman–Crippen MR) is 297 cm³/mol. The minimum Gasteiger partial charge on any atom is -0.466 e. The van der Waals surface area contributed by atoms with Crippen molar-refractivity contribution in [3.8, 4) is 11.1 Å². The molecular weight excluding hydrogens is 909 g/mol. The monoisotopic (exact) mass is 985 g/mol. The molecule has 6 aromatic carbocycles. The second kappa shape index (κ2) is 23.3. The first-order valence-electron chi connectivity index (χ1n) is 26.5. The number of rotatable bonds is 21. The molecule has 72 heavy (non-hydrogen) atoms. The molecule has 0 N–H and O–H groups in total. The van der Waals surface area contributed by atoms with Gasteiger partial charge in [-0.05, 0) is 200 Å². The molecule has 1 atom stereocenters. The third-order valence-corrected chi connectivity index (χ3v) is 18.5. The van der Waals surface area contributed by atoms with E-state index in [4.69, 9.17) is 18.3 Å². The number of nitrogens with zero attached hydrogens (tertiary/aromatic N) is 2. The molecule has 2 aliphatic rings. The highest BCUT2D eigenvalue weighted by atomic mass is 28.4. The maximum absolute atomic E-state index is 12.8. The zero-order chi connectivity index (χ0) is 51.1. The van der Waals surface area contributed by atoms with Crippen molar-refractivity contribution in [1.82, 2.24) is 0 Å². The normalized spacial score (nSPS) is 13.6. The lowest BCUT2D eigenvalue weighted by molar-refractivity contribution is -0.144. The molecule has 0 radical (unpaired) electrons. The number of esters is 2. The largest absolute Gasteiger partial charge is 0.466 e. The zero-order valence-corrected chi connectivity index (χ0v) is 45.6. The molecule has 8 rings (SSSR count). The van der Waals surface area contributed by atoms with E-state index in [9.17, 15) is 9.59 Å². The van der Waals surface area contributed by atoms with E-state index in [2.05, 4.69) is 174 Å². The highest BCUT2D eigenvalue weighted by molar-refractivity contribution is 6.67. The maximum atomic E-state index is 12.8. The van der Waals surface area contributed by atoms with E-state index in [-0.39, 0.29) is 18.0 Å². The van der Waals surface area contributed by atoms with E-state index in [1.807, 2.05) is 13.8 Å². The second-order valence-corrected chi connectivity index (χ2v) is 24.6. The molecular formula is C63H76N2O6Si. The van der Waals surface area contributed by atoms with Crippen molar-refractivity contribution >= 4 is 54.6 Å². The number of carbonyl (C=O) groups is 2. The van der Waals surface area contributed by atoms with Crippen molar-refractivity contribution in [2.75, 3.05) is 29.6 Å². The maximum Gasteiger partial charge on any atom is 0.337 e. The van der Waals surface area contributed by atoms with Gasteiger partial charge in [-0.1, -0.05) is 82.1 Å². The van der Waals surface area contributed by atoms with Crippen molar-refractivity contribution in [2.45, 2.75) is 145 Å². The van der Waals surface area contributed by atoms with Crippen molar-refractivity contribution in [2.24, 2.45) is 0 Å². The summed E-state index contributed by atoms with van der Waals surface area (Å²) in [5.41, 5.74) is 22.2. The lowest BCUT2D eigenvalue weighted by atomic mass is 9.88. The van der Waals surface area contributed by atoms with Crippen LogP contribution in [0.1, 0.15) is 129 Å². The van der Waals surface area contributed by atoms with E-state index in [0.717, 1.165) is 54.6 Å². The molecule has 0 saturated carbocycles. The third-order valence-electron chi connectivity index (χ3n) is 14.7. The van der Waals surface area contributed by atoms with Crippen molar-refractivity contribution < 1.29 is 27.9 Å². The van der Waals surface area contributed by atoms with Crippen LogP contribution >= 0.6 is 0 Å². The highest BCUT2D eigenvalue weighted by Gasteiger charge is 2.37. The molecule has 0 saturated heterocycles. The Bertz CT molecular complexity index is 2870. The van der Waals surface area contributed by atoms with E-state index >= 15 is 0 Å². The number of carbonyl (C=O) groups excluding carboxylic acids is 2. The molecule has 1 unspecified atom stereocenters. The third kappa shape index (κ3) is 12.2.